The minimum atomic E-state index is -2.80. The predicted octanol–water partition coefficient (Wildman–Crippen LogP) is 2.91. The van der Waals surface area contributed by atoms with Crippen LogP contribution in [0.1, 0.15) is 25.3 Å². The molecule has 0 aromatic heterocycles. The van der Waals surface area contributed by atoms with Crippen molar-refractivity contribution in [3.63, 3.8) is 0 Å². The van der Waals surface area contributed by atoms with Gasteiger partial charge in [0.25, 0.3) is 0 Å². The summed E-state index contributed by atoms with van der Waals surface area (Å²) in [4.78, 5) is 0.501. The van der Waals surface area contributed by atoms with Gasteiger partial charge in [-0.25, -0.2) is 0 Å². The lowest BCUT2D eigenvalue weighted by molar-refractivity contribution is 0.314. The van der Waals surface area contributed by atoms with Crippen LogP contribution >= 0.6 is 10.6 Å². The van der Waals surface area contributed by atoms with Crippen LogP contribution in [0.15, 0.2) is 29.2 Å². The van der Waals surface area contributed by atoms with Gasteiger partial charge in [-0.2, -0.15) is 10.6 Å². The normalized spacial score (nSPS) is 13.2. The summed E-state index contributed by atoms with van der Waals surface area (Å²) in [6.45, 7) is 3.95. The van der Waals surface area contributed by atoms with Gasteiger partial charge in [-0.1, -0.05) is 26.0 Å². The Morgan fingerprint density at radius 3 is 2.07 bits per heavy atom. The van der Waals surface area contributed by atoms with Crippen molar-refractivity contribution in [2.75, 3.05) is 12.4 Å². The first kappa shape index (κ1) is 12.5. The molecule has 1 aromatic rings. The molecule has 86 valence electrons. The molecule has 0 heterocycles. The molecular formula is C11H18O3S. The molecule has 0 aliphatic heterocycles. The quantitative estimate of drug-likeness (QED) is 0.745. The van der Waals surface area contributed by atoms with Gasteiger partial charge in [0, 0.05) is 0 Å². The van der Waals surface area contributed by atoms with Crippen LogP contribution in [-0.2, 0) is 0 Å². The number of hydrogen-bond acceptors (Lipinski definition) is 3. The zero-order valence-corrected chi connectivity index (χ0v) is 9.87. The fourth-order valence-electron chi connectivity index (χ4n) is 1.32. The lowest BCUT2D eigenvalue weighted by Crippen LogP contribution is -2.07. The van der Waals surface area contributed by atoms with E-state index in [0.717, 1.165) is 5.56 Å². The Kier molecular flexibility index (Phi) is 4.16. The minimum absolute atomic E-state index is 0.00796. The van der Waals surface area contributed by atoms with Crippen LogP contribution in [0.3, 0.4) is 0 Å². The van der Waals surface area contributed by atoms with E-state index in [9.17, 15) is 9.11 Å². The number of aliphatic hydroxyl groups is 1. The van der Waals surface area contributed by atoms with E-state index < -0.39 is 10.6 Å². The van der Waals surface area contributed by atoms with Crippen LogP contribution in [-0.4, -0.2) is 26.6 Å². The Bertz CT molecular complexity index is 306. The molecule has 3 nitrogen and oxygen atoms in total. The topological polar surface area (TPSA) is 60.7 Å². The van der Waals surface area contributed by atoms with Crippen LogP contribution in [0.5, 0.6) is 0 Å². The van der Waals surface area contributed by atoms with Crippen molar-refractivity contribution in [2.45, 2.75) is 24.7 Å². The SMILES string of the molecule is CC(C)c1ccc(S(O)(O)CCO)cc1. The molecule has 0 fully saturated rings. The summed E-state index contributed by atoms with van der Waals surface area (Å²) in [5, 5.41) is 8.71. The summed E-state index contributed by atoms with van der Waals surface area (Å²) >= 11 is 0. The molecule has 1 aromatic carbocycles. The number of rotatable bonds is 4. The Hall–Kier alpha value is -0.550. The molecule has 0 amide bonds. The van der Waals surface area contributed by atoms with Gasteiger partial charge in [-0.15, -0.1) is 0 Å². The molecule has 0 spiro atoms. The maximum Gasteiger partial charge on any atom is 0.0656 e. The van der Waals surface area contributed by atoms with Crippen LogP contribution in [0.4, 0.5) is 0 Å². The van der Waals surface area contributed by atoms with Crippen molar-refractivity contribution >= 4 is 10.6 Å². The van der Waals surface area contributed by atoms with E-state index in [1.165, 1.54) is 0 Å². The zero-order valence-electron chi connectivity index (χ0n) is 9.05. The highest BCUT2D eigenvalue weighted by Gasteiger charge is 2.14. The van der Waals surface area contributed by atoms with Crippen molar-refractivity contribution < 1.29 is 14.2 Å². The highest BCUT2D eigenvalue weighted by molar-refractivity contribution is 8.24. The third-order valence-corrected chi connectivity index (χ3v) is 4.08. The standard InChI is InChI=1S/C11H18O3S/c1-9(2)10-3-5-11(6-4-10)15(13,14)8-7-12/h3-6,9,12-14H,7-8H2,1-2H3. The van der Waals surface area contributed by atoms with Crippen molar-refractivity contribution in [3.05, 3.63) is 29.8 Å². The summed E-state index contributed by atoms with van der Waals surface area (Å²) in [5.74, 6) is 0.437. The lowest BCUT2D eigenvalue weighted by atomic mass is 10.0. The van der Waals surface area contributed by atoms with Gasteiger partial charge in [0.05, 0.1) is 17.3 Å². The molecule has 0 saturated carbocycles. The van der Waals surface area contributed by atoms with Crippen LogP contribution < -0.4 is 0 Å². The first-order valence-electron chi connectivity index (χ1n) is 4.94. The lowest BCUT2D eigenvalue weighted by Gasteiger charge is -2.31. The molecule has 0 unspecified atom stereocenters. The zero-order chi connectivity index (χ0) is 11.5. The van der Waals surface area contributed by atoms with Gasteiger partial charge in [-0.05, 0) is 23.6 Å². The smallest absolute Gasteiger partial charge is 0.0656 e. The third kappa shape index (κ3) is 3.21. The van der Waals surface area contributed by atoms with Gasteiger partial charge in [0.2, 0.25) is 0 Å². The van der Waals surface area contributed by atoms with E-state index in [1.54, 1.807) is 12.1 Å². The van der Waals surface area contributed by atoms with E-state index >= 15 is 0 Å². The molecule has 0 radical (unpaired) electrons. The van der Waals surface area contributed by atoms with E-state index in [4.69, 9.17) is 5.11 Å². The maximum absolute atomic E-state index is 9.69. The molecule has 0 aliphatic carbocycles. The van der Waals surface area contributed by atoms with Crippen molar-refractivity contribution in [1.29, 1.82) is 0 Å². The summed E-state index contributed by atoms with van der Waals surface area (Å²) in [5.41, 5.74) is 1.16. The molecular weight excluding hydrogens is 212 g/mol. The van der Waals surface area contributed by atoms with Gasteiger partial charge in [0.15, 0.2) is 0 Å². The largest absolute Gasteiger partial charge is 0.395 e. The molecule has 4 heteroatoms. The monoisotopic (exact) mass is 230 g/mol. The first-order valence-corrected chi connectivity index (χ1v) is 6.65. The molecule has 0 atom stereocenters. The Labute approximate surface area is 92.1 Å². The summed E-state index contributed by atoms with van der Waals surface area (Å²) in [7, 11) is -2.80. The van der Waals surface area contributed by atoms with Crippen molar-refractivity contribution in [2.24, 2.45) is 0 Å². The van der Waals surface area contributed by atoms with Crippen LogP contribution in [0, 0.1) is 0 Å². The van der Waals surface area contributed by atoms with Crippen molar-refractivity contribution in [1.82, 2.24) is 0 Å². The Balaban J connectivity index is 2.88. The van der Waals surface area contributed by atoms with Crippen molar-refractivity contribution in [3.8, 4) is 0 Å². The van der Waals surface area contributed by atoms with E-state index in [2.05, 4.69) is 13.8 Å². The number of aliphatic hydroxyl groups excluding tert-OH is 1. The van der Waals surface area contributed by atoms with Gasteiger partial charge in [-0.3, -0.25) is 9.11 Å². The van der Waals surface area contributed by atoms with Gasteiger partial charge in [0.1, 0.15) is 0 Å². The summed E-state index contributed by atoms with van der Waals surface area (Å²) in [6.07, 6.45) is 0. The fourth-order valence-corrected chi connectivity index (χ4v) is 2.38. The van der Waals surface area contributed by atoms with Gasteiger partial charge >= 0.3 is 0 Å². The van der Waals surface area contributed by atoms with E-state index in [1.807, 2.05) is 12.1 Å². The highest BCUT2D eigenvalue weighted by atomic mass is 32.3. The average Bonchev–Trinajstić information content (AvgIpc) is 2.18. The fraction of sp³-hybridized carbons (Fsp3) is 0.455. The number of benzene rings is 1. The first-order chi connectivity index (χ1) is 6.97. The molecule has 0 saturated heterocycles. The Morgan fingerprint density at radius 2 is 1.67 bits per heavy atom. The molecule has 0 bridgehead atoms. The molecule has 15 heavy (non-hydrogen) atoms. The summed E-state index contributed by atoms with van der Waals surface area (Å²) < 4.78 is 19.4. The maximum atomic E-state index is 9.69. The Morgan fingerprint density at radius 1 is 1.13 bits per heavy atom. The third-order valence-electron chi connectivity index (χ3n) is 2.30. The second-order valence-corrected chi connectivity index (χ2v) is 6.03. The molecule has 1 rings (SSSR count). The minimum Gasteiger partial charge on any atom is -0.395 e. The predicted molar refractivity (Wildman–Crippen MR) is 63.6 cm³/mol. The average molecular weight is 230 g/mol. The van der Waals surface area contributed by atoms with Gasteiger partial charge < -0.3 is 5.11 Å². The molecule has 3 N–H and O–H groups in total. The number of hydrogen-bond donors (Lipinski definition) is 3. The second-order valence-electron chi connectivity index (χ2n) is 3.82. The van der Waals surface area contributed by atoms with E-state index in [-0.39, 0.29) is 12.4 Å². The van der Waals surface area contributed by atoms with Crippen LogP contribution in [0.2, 0.25) is 0 Å². The highest BCUT2D eigenvalue weighted by Crippen LogP contribution is 2.47. The van der Waals surface area contributed by atoms with Crippen LogP contribution in [0.25, 0.3) is 0 Å². The molecule has 0 aliphatic rings. The van der Waals surface area contributed by atoms with E-state index in [0.29, 0.717) is 10.8 Å². The second kappa shape index (κ2) is 4.99. The summed E-state index contributed by atoms with van der Waals surface area (Å²) in [6, 6.07) is 7.23.